The van der Waals surface area contributed by atoms with Gasteiger partial charge in [0.2, 0.25) is 5.91 Å². The van der Waals surface area contributed by atoms with E-state index in [1.54, 1.807) is 13.8 Å². The summed E-state index contributed by atoms with van der Waals surface area (Å²) in [4.78, 5) is 36.4. The van der Waals surface area contributed by atoms with Crippen molar-refractivity contribution in [2.75, 3.05) is 13.1 Å². The van der Waals surface area contributed by atoms with Crippen LogP contribution >= 0.6 is 0 Å². The molecule has 0 atom stereocenters. The van der Waals surface area contributed by atoms with Crippen LogP contribution in [-0.4, -0.2) is 41.4 Å². The van der Waals surface area contributed by atoms with Gasteiger partial charge < -0.3 is 10.6 Å². The number of hydrogen-bond acceptors (Lipinski definition) is 3. The van der Waals surface area contributed by atoms with Gasteiger partial charge in [0.15, 0.2) is 0 Å². The van der Waals surface area contributed by atoms with Crippen molar-refractivity contribution in [1.29, 1.82) is 0 Å². The topological polar surface area (TPSA) is 78.5 Å². The van der Waals surface area contributed by atoms with Gasteiger partial charge in [-0.3, -0.25) is 14.5 Å². The lowest BCUT2D eigenvalue weighted by atomic mass is 9.97. The molecule has 0 radical (unpaired) electrons. The molecule has 4 amide bonds. The van der Waals surface area contributed by atoms with Crippen molar-refractivity contribution in [2.45, 2.75) is 51.5 Å². The third-order valence-electron chi connectivity index (χ3n) is 3.90. The van der Waals surface area contributed by atoms with Crippen molar-refractivity contribution in [1.82, 2.24) is 15.5 Å². The van der Waals surface area contributed by atoms with Gasteiger partial charge in [-0.15, -0.1) is 0 Å². The Labute approximate surface area is 124 Å². The van der Waals surface area contributed by atoms with E-state index in [1.807, 2.05) is 0 Å². The Bertz CT molecular complexity index is 483. The standard InChI is InChI=1S/C15H23N3O3/c1-15(2)13(20)18(14(21)17-15)10-12(19)16-9-8-11-6-4-3-5-7-11/h6H,3-5,7-10H2,1-2H3,(H,16,19)(H,17,21). The fourth-order valence-electron chi connectivity index (χ4n) is 2.66. The number of carbonyl (C=O) groups excluding carboxylic acids is 3. The van der Waals surface area contributed by atoms with Crippen LogP contribution in [0.1, 0.15) is 46.0 Å². The van der Waals surface area contributed by atoms with Gasteiger partial charge in [-0.2, -0.15) is 0 Å². The minimum atomic E-state index is -0.926. The molecular weight excluding hydrogens is 270 g/mol. The average molecular weight is 293 g/mol. The maximum absolute atomic E-state index is 11.9. The largest absolute Gasteiger partial charge is 0.354 e. The van der Waals surface area contributed by atoms with Crippen LogP contribution in [0.25, 0.3) is 0 Å². The summed E-state index contributed by atoms with van der Waals surface area (Å²) in [6.45, 7) is 3.59. The van der Waals surface area contributed by atoms with Crippen molar-refractivity contribution in [3.8, 4) is 0 Å². The molecule has 0 aromatic rings. The molecule has 2 N–H and O–H groups in total. The van der Waals surface area contributed by atoms with Gasteiger partial charge in [-0.25, -0.2) is 4.79 Å². The van der Waals surface area contributed by atoms with Gasteiger partial charge in [0.05, 0.1) is 0 Å². The van der Waals surface area contributed by atoms with Crippen LogP contribution in [0.5, 0.6) is 0 Å². The van der Waals surface area contributed by atoms with Crippen molar-refractivity contribution in [2.24, 2.45) is 0 Å². The van der Waals surface area contributed by atoms with E-state index >= 15 is 0 Å². The van der Waals surface area contributed by atoms with Crippen LogP contribution in [0.4, 0.5) is 4.79 Å². The summed E-state index contributed by atoms with van der Waals surface area (Å²) >= 11 is 0. The Morgan fingerprint density at radius 2 is 2.14 bits per heavy atom. The molecule has 0 spiro atoms. The van der Waals surface area contributed by atoms with Crippen molar-refractivity contribution in [3.05, 3.63) is 11.6 Å². The molecule has 21 heavy (non-hydrogen) atoms. The number of rotatable bonds is 5. The zero-order valence-corrected chi connectivity index (χ0v) is 12.7. The lowest BCUT2D eigenvalue weighted by Gasteiger charge is -2.16. The van der Waals surface area contributed by atoms with E-state index in [2.05, 4.69) is 16.7 Å². The molecule has 116 valence electrons. The minimum Gasteiger partial charge on any atom is -0.354 e. The predicted molar refractivity (Wildman–Crippen MR) is 78.5 cm³/mol. The highest BCUT2D eigenvalue weighted by Gasteiger charge is 2.44. The summed E-state index contributed by atoms with van der Waals surface area (Å²) in [7, 11) is 0. The molecule has 6 nitrogen and oxygen atoms in total. The number of carbonyl (C=O) groups is 3. The number of imide groups is 1. The molecule has 1 aliphatic carbocycles. The molecule has 1 fully saturated rings. The van der Waals surface area contributed by atoms with Crippen LogP contribution in [0.2, 0.25) is 0 Å². The van der Waals surface area contributed by atoms with E-state index in [0.717, 1.165) is 24.2 Å². The first-order valence-electron chi connectivity index (χ1n) is 7.49. The molecular formula is C15H23N3O3. The zero-order valence-electron chi connectivity index (χ0n) is 12.7. The number of urea groups is 1. The summed E-state index contributed by atoms with van der Waals surface area (Å²) in [5.41, 5.74) is 0.460. The van der Waals surface area contributed by atoms with E-state index in [4.69, 9.17) is 0 Å². The second kappa shape index (κ2) is 6.28. The van der Waals surface area contributed by atoms with Gasteiger partial charge >= 0.3 is 6.03 Å². The first-order chi connectivity index (χ1) is 9.90. The quantitative estimate of drug-likeness (QED) is 0.593. The van der Waals surface area contributed by atoms with Crippen LogP contribution in [-0.2, 0) is 9.59 Å². The summed E-state index contributed by atoms with van der Waals surface area (Å²) in [6.07, 6.45) is 7.79. The first kappa shape index (κ1) is 15.5. The smallest absolute Gasteiger partial charge is 0.325 e. The Kier molecular flexibility index (Phi) is 4.65. The molecule has 6 heteroatoms. The zero-order chi connectivity index (χ0) is 15.5. The Balaban J connectivity index is 1.76. The summed E-state index contributed by atoms with van der Waals surface area (Å²) in [6, 6.07) is -0.505. The Morgan fingerprint density at radius 3 is 2.71 bits per heavy atom. The fraction of sp³-hybridized carbons (Fsp3) is 0.667. The normalized spacial score (nSPS) is 21.0. The SMILES string of the molecule is CC1(C)NC(=O)N(CC(=O)NCCC2=CCCCC2)C1=O. The second-order valence-corrected chi connectivity index (χ2v) is 6.15. The number of allylic oxidation sites excluding steroid dienone is 1. The van der Waals surface area contributed by atoms with E-state index < -0.39 is 11.6 Å². The molecule has 1 heterocycles. The Hall–Kier alpha value is -1.85. The van der Waals surface area contributed by atoms with Gasteiger partial charge in [0, 0.05) is 6.54 Å². The molecule has 2 rings (SSSR count). The summed E-state index contributed by atoms with van der Waals surface area (Å²) in [5, 5.41) is 5.33. The van der Waals surface area contributed by atoms with E-state index in [1.165, 1.54) is 18.4 Å². The molecule has 0 aromatic heterocycles. The minimum absolute atomic E-state index is 0.215. The van der Waals surface area contributed by atoms with Crippen molar-refractivity contribution in [3.63, 3.8) is 0 Å². The van der Waals surface area contributed by atoms with Gasteiger partial charge in [0.25, 0.3) is 5.91 Å². The highest BCUT2D eigenvalue weighted by molar-refractivity contribution is 6.08. The molecule has 1 saturated heterocycles. The highest BCUT2D eigenvalue weighted by Crippen LogP contribution is 2.19. The summed E-state index contributed by atoms with van der Waals surface area (Å²) < 4.78 is 0. The lowest BCUT2D eigenvalue weighted by Crippen LogP contribution is -2.43. The van der Waals surface area contributed by atoms with Gasteiger partial charge in [-0.1, -0.05) is 11.6 Å². The van der Waals surface area contributed by atoms with Gasteiger partial charge in [0.1, 0.15) is 12.1 Å². The number of nitrogens with zero attached hydrogens (tertiary/aromatic N) is 1. The number of nitrogens with one attached hydrogen (secondary N) is 2. The molecule has 0 unspecified atom stereocenters. The van der Waals surface area contributed by atoms with E-state index in [9.17, 15) is 14.4 Å². The lowest BCUT2D eigenvalue weighted by molar-refractivity contribution is -0.134. The second-order valence-electron chi connectivity index (χ2n) is 6.15. The molecule has 1 aliphatic heterocycles. The fourth-order valence-corrected chi connectivity index (χ4v) is 2.66. The van der Waals surface area contributed by atoms with E-state index in [0.29, 0.717) is 6.54 Å². The number of hydrogen-bond donors (Lipinski definition) is 2. The average Bonchev–Trinajstić information content (AvgIpc) is 2.62. The van der Waals surface area contributed by atoms with Crippen LogP contribution in [0.3, 0.4) is 0 Å². The maximum atomic E-state index is 11.9. The van der Waals surface area contributed by atoms with E-state index in [-0.39, 0.29) is 18.4 Å². The maximum Gasteiger partial charge on any atom is 0.325 e. The Morgan fingerprint density at radius 1 is 1.38 bits per heavy atom. The third kappa shape index (κ3) is 3.83. The molecule has 0 saturated carbocycles. The monoisotopic (exact) mass is 293 g/mol. The van der Waals surface area contributed by atoms with Crippen LogP contribution in [0.15, 0.2) is 11.6 Å². The van der Waals surface area contributed by atoms with Crippen LogP contribution < -0.4 is 10.6 Å². The summed E-state index contributed by atoms with van der Waals surface area (Å²) in [5.74, 6) is -0.662. The molecule has 2 aliphatic rings. The molecule has 0 aromatic carbocycles. The van der Waals surface area contributed by atoms with Crippen molar-refractivity contribution >= 4 is 17.8 Å². The van der Waals surface area contributed by atoms with Crippen molar-refractivity contribution < 1.29 is 14.4 Å². The highest BCUT2D eigenvalue weighted by atomic mass is 16.2. The third-order valence-corrected chi connectivity index (χ3v) is 3.90. The van der Waals surface area contributed by atoms with Gasteiger partial charge in [-0.05, 0) is 46.0 Å². The van der Waals surface area contributed by atoms with Crippen LogP contribution in [0, 0.1) is 0 Å². The number of amides is 4. The molecule has 0 bridgehead atoms. The first-order valence-corrected chi connectivity index (χ1v) is 7.49. The predicted octanol–water partition coefficient (Wildman–Crippen LogP) is 1.32.